The summed E-state index contributed by atoms with van der Waals surface area (Å²) in [5.74, 6) is -0.487. The van der Waals surface area contributed by atoms with Crippen LogP contribution in [0.3, 0.4) is 0 Å². The van der Waals surface area contributed by atoms with Crippen molar-refractivity contribution in [3.63, 3.8) is 0 Å². The summed E-state index contributed by atoms with van der Waals surface area (Å²) in [7, 11) is 0. The molecule has 0 unspecified atom stereocenters. The van der Waals surface area contributed by atoms with E-state index in [1.165, 1.54) is 0 Å². The van der Waals surface area contributed by atoms with Gasteiger partial charge in [-0.3, -0.25) is 9.59 Å². The molecule has 0 aliphatic rings. The molecule has 0 saturated carbocycles. The molecule has 31 heavy (non-hydrogen) atoms. The van der Waals surface area contributed by atoms with Crippen LogP contribution in [0.2, 0.25) is 0 Å². The lowest BCUT2D eigenvalue weighted by molar-refractivity contribution is -0.106. The molecule has 0 radical (unpaired) electrons. The molecule has 0 fully saturated rings. The van der Waals surface area contributed by atoms with Gasteiger partial charge in [0.1, 0.15) is 6.29 Å². The van der Waals surface area contributed by atoms with E-state index in [1.54, 1.807) is 34.1 Å². The van der Waals surface area contributed by atoms with Gasteiger partial charge in [-0.2, -0.15) is 0 Å². The number of carbonyl (C=O) groups excluding carboxylic acids is 3. The van der Waals surface area contributed by atoms with E-state index in [0.717, 1.165) is 6.29 Å². The third-order valence-corrected chi connectivity index (χ3v) is 7.32. The number of rotatable bonds is 13. The first-order valence-electron chi connectivity index (χ1n) is 9.20. The Bertz CT molecular complexity index is 817. The van der Waals surface area contributed by atoms with Gasteiger partial charge in [-0.25, -0.2) is 0 Å². The number of nitrogens with zero attached hydrogens (tertiary/aromatic N) is 2. The van der Waals surface area contributed by atoms with Gasteiger partial charge in [-0.15, -0.1) is 26.3 Å². The van der Waals surface area contributed by atoms with Gasteiger partial charge in [0.15, 0.2) is 0 Å². The van der Waals surface area contributed by atoms with Gasteiger partial charge in [-0.05, 0) is 67.8 Å². The number of amides is 2. The van der Waals surface area contributed by atoms with Crippen LogP contribution in [0.4, 0.5) is 5.69 Å². The summed E-state index contributed by atoms with van der Waals surface area (Å²) in [6, 6.07) is 0. The van der Waals surface area contributed by atoms with E-state index in [9.17, 15) is 14.4 Å². The first-order chi connectivity index (χ1) is 14.8. The van der Waals surface area contributed by atoms with E-state index in [1.807, 2.05) is 0 Å². The van der Waals surface area contributed by atoms with E-state index >= 15 is 0 Å². The molecule has 0 bridgehead atoms. The zero-order valence-corrected chi connectivity index (χ0v) is 23.5. The van der Waals surface area contributed by atoms with Crippen molar-refractivity contribution in [3.05, 3.63) is 72.5 Å². The molecule has 1 N–H and O–H groups in total. The summed E-state index contributed by atoms with van der Waals surface area (Å²) in [6.07, 6.45) is 7.29. The standard InChI is InChI=1S/C22H24I3N3O3/c1-5-10-27(11-6-2)21(30)15-17(23)16(22(31)28(12-7-3)13-8-4)19(25)20(18(15)24)26-9-14-29/h5-8,14,26H,1-4,9-13H2. The molecule has 1 aromatic carbocycles. The number of aldehydes is 1. The molecule has 1 rings (SSSR count). The predicted octanol–water partition coefficient (Wildman–Crippen LogP) is 4.74. The molecule has 166 valence electrons. The summed E-state index contributed by atoms with van der Waals surface area (Å²) in [5, 5.41) is 3.05. The predicted molar refractivity (Wildman–Crippen MR) is 152 cm³/mol. The van der Waals surface area contributed by atoms with Crippen LogP contribution in [-0.2, 0) is 4.79 Å². The van der Waals surface area contributed by atoms with E-state index in [0.29, 0.717) is 53.7 Å². The minimum Gasteiger partial charge on any atom is -0.377 e. The molecular formula is C22H24I3N3O3. The minimum atomic E-state index is -0.243. The van der Waals surface area contributed by atoms with Crippen molar-refractivity contribution in [2.75, 3.05) is 38.0 Å². The Kier molecular flexibility index (Phi) is 12.6. The molecule has 9 heteroatoms. The van der Waals surface area contributed by atoms with Crippen molar-refractivity contribution in [3.8, 4) is 0 Å². The monoisotopic (exact) mass is 759 g/mol. The van der Waals surface area contributed by atoms with Gasteiger partial charge >= 0.3 is 0 Å². The van der Waals surface area contributed by atoms with Crippen LogP contribution >= 0.6 is 67.8 Å². The lowest BCUT2D eigenvalue weighted by atomic mass is 10.1. The van der Waals surface area contributed by atoms with Gasteiger partial charge < -0.3 is 19.9 Å². The third kappa shape index (κ3) is 6.88. The smallest absolute Gasteiger partial charge is 0.256 e. The molecule has 0 heterocycles. The largest absolute Gasteiger partial charge is 0.377 e. The fourth-order valence-electron chi connectivity index (χ4n) is 2.76. The SMILES string of the molecule is C=CCN(CC=C)C(=O)c1c(I)c(NCC=O)c(I)c(C(=O)N(CC=C)CC=C)c1I. The minimum absolute atomic E-state index is 0.0555. The quantitative estimate of drug-likeness (QED) is 0.180. The Morgan fingerprint density at radius 1 is 0.742 bits per heavy atom. The summed E-state index contributed by atoms with van der Waals surface area (Å²) in [5.41, 5.74) is 1.38. The highest BCUT2D eigenvalue weighted by molar-refractivity contribution is 14.1. The highest BCUT2D eigenvalue weighted by Crippen LogP contribution is 2.37. The second-order valence-corrected chi connectivity index (χ2v) is 9.43. The second-order valence-electron chi connectivity index (χ2n) is 6.19. The Balaban J connectivity index is 3.81. The van der Waals surface area contributed by atoms with Crippen molar-refractivity contribution in [2.45, 2.75) is 0 Å². The number of nitrogens with one attached hydrogen (secondary N) is 1. The summed E-state index contributed by atoms with van der Waals surface area (Å²) in [6.45, 7) is 16.3. The van der Waals surface area contributed by atoms with Crippen LogP contribution < -0.4 is 5.32 Å². The maximum atomic E-state index is 13.5. The van der Waals surface area contributed by atoms with E-state index < -0.39 is 0 Å². The number of carbonyl (C=O) groups is 3. The van der Waals surface area contributed by atoms with Crippen LogP contribution in [-0.4, -0.2) is 60.6 Å². The number of benzene rings is 1. The maximum absolute atomic E-state index is 13.5. The molecule has 0 saturated heterocycles. The normalized spacial score (nSPS) is 10.0. The molecular weight excluding hydrogens is 735 g/mol. The van der Waals surface area contributed by atoms with Crippen molar-refractivity contribution in [1.29, 1.82) is 0 Å². The first-order valence-corrected chi connectivity index (χ1v) is 12.4. The third-order valence-electron chi connectivity index (χ3n) is 4.08. The van der Waals surface area contributed by atoms with Crippen LogP contribution in [0.5, 0.6) is 0 Å². The Labute approximate surface area is 224 Å². The van der Waals surface area contributed by atoms with E-state index in [-0.39, 0.29) is 18.4 Å². The lowest BCUT2D eigenvalue weighted by Crippen LogP contribution is -2.36. The van der Waals surface area contributed by atoms with Gasteiger partial charge in [0.05, 0.1) is 30.5 Å². The maximum Gasteiger partial charge on any atom is 0.256 e. The lowest BCUT2D eigenvalue weighted by Gasteiger charge is -2.26. The zero-order chi connectivity index (χ0) is 23.6. The van der Waals surface area contributed by atoms with Crippen molar-refractivity contribution in [2.24, 2.45) is 0 Å². The van der Waals surface area contributed by atoms with E-state index in [4.69, 9.17) is 0 Å². The van der Waals surface area contributed by atoms with Crippen molar-refractivity contribution < 1.29 is 14.4 Å². The fourth-order valence-corrected chi connectivity index (χ4v) is 7.23. The van der Waals surface area contributed by atoms with Gasteiger partial charge in [0.25, 0.3) is 11.8 Å². The van der Waals surface area contributed by atoms with Gasteiger partial charge in [0.2, 0.25) is 0 Å². The van der Waals surface area contributed by atoms with Crippen LogP contribution in [0, 0.1) is 10.7 Å². The van der Waals surface area contributed by atoms with Gasteiger partial charge in [-0.1, -0.05) is 24.3 Å². The summed E-state index contributed by atoms with van der Waals surface area (Å²) >= 11 is 6.22. The van der Waals surface area contributed by atoms with Crippen molar-refractivity contribution in [1.82, 2.24) is 9.80 Å². The molecule has 0 aromatic heterocycles. The molecule has 6 nitrogen and oxygen atoms in total. The highest BCUT2D eigenvalue weighted by Gasteiger charge is 2.31. The number of hydrogen-bond acceptors (Lipinski definition) is 4. The molecule has 2 amide bonds. The summed E-state index contributed by atoms with van der Waals surface area (Å²) < 4.78 is 1.84. The highest BCUT2D eigenvalue weighted by atomic mass is 127. The second kappa shape index (κ2) is 14.0. The fraction of sp³-hybridized carbons (Fsp3) is 0.227. The average Bonchev–Trinajstić information content (AvgIpc) is 2.73. The van der Waals surface area contributed by atoms with E-state index in [2.05, 4.69) is 99.4 Å². The van der Waals surface area contributed by atoms with Crippen molar-refractivity contribution >= 4 is 91.6 Å². The topological polar surface area (TPSA) is 69.7 Å². The molecule has 1 aromatic rings. The van der Waals surface area contributed by atoms with Crippen LogP contribution in [0.25, 0.3) is 0 Å². The number of anilines is 1. The van der Waals surface area contributed by atoms with Crippen LogP contribution in [0.15, 0.2) is 50.6 Å². The van der Waals surface area contributed by atoms with Gasteiger partial charge in [0, 0.05) is 29.7 Å². The molecule has 0 spiro atoms. The number of hydrogen-bond donors (Lipinski definition) is 1. The Morgan fingerprint density at radius 3 is 1.39 bits per heavy atom. The molecule has 0 atom stereocenters. The Morgan fingerprint density at radius 2 is 1.10 bits per heavy atom. The molecule has 0 aliphatic heterocycles. The molecule has 0 aliphatic carbocycles. The average molecular weight is 759 g/mol. The Hall–Kier alpha value is -1.22. The zero-order valence-electron chi connectivity index (χ0n) is 17.0. The van der Waals surface area contributed by atoms with Crippen LogP contribution in [0.1, 0.15) is 20.7 Å². The summed E-state index contributed by atoms with van der Waals surface area (Å²) in [4.78, 5) is 41.1. The number of halogens is 3. The first kappa shape index (κ1) is 27.8.